The molecule has 1 rings (SSSR count). The molecule has 0 saturated heterocycles. The van der Waals surface area contributed by atoms with Crippen LogP contribution in [0.1, 0.15) is 26.1 Å². The highest BCUT2D eigenvalue weighted by molar-refractivity contribution is 4.82. The summed E-state index contributed by atoms with van der Waals surface area (Å²) in [6, 6.07) is 0. The van der Waals surface area contributed by atoms with Crippen LogP contribution in [0.15, 0.2) is 6.33 Å². The molecule has 0 unspecified atom stereocenters. The standard InChI is InChI=1S/C11H22N4O/c1-10(2)8-16-6-4-5-12-7-11-14-13-9-15(11)3/h9-10,12H,4-8H2,1-3H3. The van der Waals surface area contributed by atoms with Crippen LogP contribution in [0.25, 0.3) is 0 Å². The van der Waals surface area contributed by atoms with Gasteiger partial charge in [0.25, 0.3) is 0 Å². The topological polar surface area (TPSA) is 52.0 Å². The van der Waals surface area contributed by atoms with Crippen molar-refractivity contribution in [2.24, 2.45) is 13.0 Å². The van der Waals surface area contributed by atoms with E-state index in [-0.39, 0.29) is 0 Å². The molecule has 16 heavy (non-hydrogen) atoms. The minimum absolute atomic E-state index is 0.617. The molecule has 1 heterocycles. The number of nitrogens with zero attached hydrogens (tertiary/aromatic N) is 3. The second-order valence-electron chi connectivity index (χ2n) is 4.36. The number of rotatable bonds is 8. The molecule has 5 nitrogen and oxygen atoms in total. The summed E-state index contributed by atoms with van der Waals surface area (Å²) in [5.41, 5.74) is 0. The van der Waals surface area contributed by atoms with E-state index in [1.807, 2.05) is 11.6 Å². The summed E-state index contributed by atoms with van der Waals surface area (Å²) in [6.45, 7) is 7.71. The minimum atomic E-state index is 0.617. The average molecular weight is 226 g/mol. The van der Waals surface area contributed by atoms with Gasteiger partial charge in [-0.1, -0.05) is 13.8 Å². The molecule has 5 heteroatoms. The third kappa shape index (κ3) is 5.23. The second kappa shape index (κ2) is 7.35. The van der Waals surface area contributed by atoms with Gasteiger partial charge in [0.2, 0.25) is 0 Å². The van der Waals surface area contributed by atoms with E-state index in [0.717, 1.165) is 38.5 Å². The lowest BCUT2D eigenvalue weighted by Gasteiger charge is -2.07. The highest BCUT2D eigenvalue weighted by Gasteiger charge is 1.99. The van der Waals surface area contributed by atoms with Crippen LogP contribution in [0.3, 0.4) is 0 Å². The van der Waals surface area contributed by atoms with Crippen LogP contribution in [0.5, 0.6) is 0 Å². The zero-order valence-electron chi connectivity index (χ0n) is 10.4. The van der Waals surface area contributed by atoms with Gasteiger partial charge in [-0.3, -0.25) is 0 Å². The van der Waals surface area contributed by atoms with E-state index in [1.165, 1.54) is 0 Å². The zero-order valence-corrected chi connectivity index (χ0v) is 10.4. The van der Waals surface area contributed by atoms with Gasteiger partial charge < -0.3 is 14.6 Å². The number of aromatic nitrogens is 3. The van der Waals surface area contributed by atoms with Crippen LogP contribution in [-0.4, -0.2) is 34.5 Å². The number of nitrogens with one attached hydrogen (secondary N) is 1. The SMILES string of the molecule is CC(C)COCCCNCc1nncn1C. The van der Waals surface area contributed by atoms with Gasteiger partial charge >= 0.3 is 0 Å². The van der Waals surface area contributed by atoms with Gasteiger partial charge in [-0.05, 0) is 18.9 Å². The van der Waals surface area contributed by atoms with E-state index in [9.17, 15) is 0 Å². The molecule has 0 aromatic carbocycles. The Morgan fingerprint density at radius 1 is 1.50 bits per heavy atom. The van der Waals surface area contributed by atoms with Crippen LogP contribution in [-0.2, 0) is 18.3 Å². The van der Waals surface area contributed by atoms with Gasteiger partial charge in [-0.15, -0.1) is 10.2 Å². The van der Waals surface area contributed by atoms with Crippen LogP contribution < -0.4 is 5.32 Å². The van der Waals surface area contributed by atoms with Crippen LogP contribution in [0.2, 0.25) is 0 Å². The molecule has 1 aromatic rings. The van der Waals surface area contributed by atoms with Crippen molar-refractivity contribution in [3.05, 3.63) is 12.2 Å². The Hall–Kier alpha value is -0.940. The Balaban J connectivity index is 1.94. The van der Waals surface area contributed by atoms with E-state index in [1.54, 1.807) is 6.33 Å². The monoisotopic (exact) mass is 226 g/mol. The lowest BCUT2D eigenvalue weighted by molar-refractivity contribution is 0.108. The molecule has 0 bridgehead atoms. The van der Waals surface area contributed by atoms with Gasteiger partial charge in [0.15, 0.2) is 0 Å². The molecule has 0 aliphatic heterocycles. The van der Waals surface area contributed by atoms with Crippen LogP contribution in [0, 0.1) is 5.92 Å². The highest BCUT2D eigenvalue weighted by Crippen LogP contribution is 1.93. The summed E-state index contributed by atoms with van der Waals surface area (Å²) < 4.78 is 7.40. The predicted molar refractivity (Wildman–Crippen MR) is 63.0 cm³/mol. The molecule has 0 spiro atoms. The maximum Gasteiger partial charge on any atom is 0.146 e. The van der Waals surface area contributed by atoms with Crippen molar-refractivity contribution in [3.63, 3.8) is 0 Å². The fourth-order valence-electron chi connectivity index (χ4n) is 1.29. The average Bonchev–Trinajstić information content (AvgIpc) is 2.62. The molecule has 0 fully saturated rings. The van der Waals surface area contributed by atoms with Gasteiger partial charge in [-0.2, -0.15) is 0 Å². The zero-order chi connectivity index (χ0) is 11.8. The normalized spacial score (nSPS) is 11.2. The molecule has 0 amide bonds. The number of hydrogen-bond acceptors (Lipinski definition) is 4. The van der Waals surface area contributed by atoms with Gasteiger partial charge in [0.05, 0.1) is 6.54 Å². The van der Waals surface area contributed by atoms with Crippen molar-refractivity contribution in [1.82, 2.24) is 20.1 Å². The summed E-state index contributed by atoms with van der Waals surface area (Å²) in [7, 11) is 1.95. The van der Waals surface area contributed by atoms with Crippen molar-refractivity contribution >= 4 is 0 Å². The molecule has 1 aromatic heterocycles. The van der Waals surface area contributed by atoms with Gasteiger partial charge in [0.1, 0.15) is 12.2 Å². The van der Waals surface area contributed by atoms with E-state index in [2.05, 4.69) is 29.4 Å². The Morgan fingerprint density at radius 2 is 2.31 bits per heavy atom. The fraction of sp³-hybridized carbons (Fsp3) is 0.818. The van der Waals surface area contributed by atoms with Crippen LogP contribution >= 0.6 is 0 Å². The molecule has 1 N–H and O–H groups in total. The fourth-order valence-corrected chi connectivity index (χ4v) is 1.29. The van der Waals surface area contributed by atoms with Crippen molar-refractivity contribution in [2.75, 3.05) is 19.8 Å². The molecule has 92 valence electrons. The summed E-state index contributed by atoms with van der Waals surface area (Å²) in [5.74, 6) is 1.58. The Kier molecular flexibility index (Phi) is 6.03. The Labute approximate surface area is 97.2 Å². The first-order valence-corrected chi connectivity index (χ1v) is 5.81. The van der Waals surface area contributed by atoms with Gasteiger partial charge in [-0.25, -0.2) is 0 Å². The smallest absolute Gasteiger partial charge is 0.146 e. The molecular formula is C11H22N4O. The van der Waals surface area contributed by atoms with Crippen molar-refractivity contribution in [3.8, 4) is 0 Å². The van der Waals surface area contributed by atoms with E-state index in [0.29, 0.717) is 5.92 Å². The predicted octanol–water partition coefficient (Wildman–Crippen LogP) is 0.967. The number of aryl methyl sites for hydroxylation is 1. The first kappa shape index (κ1) is 13.1. The first-order valence-electron chi connectivity index (χ1n) is 5.81. The maximum atomic E-state index is 5.48. The summed E-state index contributed by atoms with van der Waals surface area (Å²) in [4.78, 5) is 0. The van der Waals surface area contributed by atoms with Gasteiger partial charge in [0, 0.05) is 20.3 Å². The molecule has 0 atom stereocenters. The third-order valence-corrected chi connectivity index (χ3v) is 2.18. The number of hydrogen-bond donors (Lipinski definition) is 1. The third-order valence-electron chi connectivity index (χ3n) is 2.18. The van der Waals surface area contributed by atoms with E-state index < -0.39 is 0 Å². The largest absolute Gasteiger partial charge is 0.381 e. The van der Waals surface area contributed by atoms with Crippen LogP contribution in [0.4, 0.5) is 0 Å². The first-order chi connectivity index (χ1) is 7.70. The summed E-state index contributed by atoms with van der Waals surface area (Å²) in [6.07, 6.45) is 2.74. The van der Waals surface area contributed by atoms with E-state index >= 15 is 0 Å². The summed E-state index contributed by atoms with van der Waals surface area (Å²) >= 11 is 0. The lowest BCUT2D eigenvalue weighted by atomic mass is 10.2. The molecule has 0 aliphatic rings. The highest BCUT2D eigenvalue weighted by atomic mass is 16.5. The molecular weight excluding hydrogens is 204 g/mol. The molecule has 0 saturated carbocycles. The molecule has 0 radical (unpaired) electrons. The minimum Gasteiger partial charge on any atom is -0.381 e. The second-order valence-corrected chi connectivity index (χ2v) is 4.36. The lowest BCUT2D eigenvalue weighted by Crippen LogP contribution is -2.19. The quantitative estimate of drug-likeness (QED) is 0.671. The maximum absolute atomic E-state index is 5.48. The Bertz CT molecular complexity index is 285. The van der Waals surface area contributed by atoms with Crippen molar-refractivity contribution < 1.29 is 4.74 Å². The number of ether oxygens (including phenoxy) is 1. The van der Waals surface area contributed by atoms with Crippen molar-refractivity contribution in [1.29, 1.82) is 0 Å². The molecule has 0 aliphatic carbocycles. The van der Waals surface area contributed by atoms with E-state index in [4.69, 9.17) is 4.74 Å². The Morgan fingerprint density at radius 3 is 2.94 bits per heavy atom. The summed E-state index contributed by atoms with van der Waals surface area (Å²) in [5, 5.41) is 11.1. The van der Waals surface area contributed by atoms with Crippen molar-refractivity contribution in [2.45, 2.75) is 26.8 Å².